The van der Waals surface area contributed by atoms with Crippen LogP contribution in [0.25, 0.3) is 0 Å². The average Bonchev–Trinajstić information content (AvgIpc) is 2.55. The highest BCUT2D eigenvalue weighted by molar-refractivity contribution is 5.46. The molecular formula is C18H29FN2O2. The number of halogens is 1. The smallest absolute Gasteiger partial charge is 0.123 e. The molecule has 2 rings (SSSR count). The summed E-state index contributed by atoms with van der Waals surface area (Å²) in [6.45, 7) is 10.7. The summed E-state index contributed by atoms with van der Waals surface area (Å²) in [5, 5.41) is 10.2. The van der Waals surface area contributed by atoms with Gasteiger partial charge in [-0.2, -0.15) is 0 Å². The molecule has 0 bridgehead atoms. The molecule has 1 aromatic rings. The van der Waals surface area contributed by atoms with Crippen molar-refractivity contribution < 1.29 is 14.2 Å². The van der Waals surface area contributed by atoms with E-state index in [1.807, 2.05) is 26.0 Å². The fourth-order valence-electron chi connectivity index (χ4n) is 2.62. The van der Waals surface area contributed by atoms with E-state index >= 15 is 0 Å². The van der Waals surface area contributed by atoms with Gasteiger partial charge < -0.3 is 14.7 Å². The molecule has 1 unspecified atom stereocenters. The molecule has 1 saturated heterocycles. The largest absolute Gasteiger partial charge is 0.389 e. The summed E-state index contributed by atoms with van der Waals surface area (Å²) in [7, 11) is 0. The van der Waals surface area contributed by atoms with Crippen molar-refractivity contribution in [2.24, 2.45) is 0 Å². The standard InChI is InChI=1S/C18H29FN2O2/c1-4-18(2,3)23-14-17(22)13-20-9-11-21(12-10-20)16-7-5-15(19)6-8-16/h5-8,17,22H,4,9-14H2,1-3H3. The molecule has 0 spiro atoms. The fraction of sp³-hybridized carbons (Fsp3) is 0.667. The third-order valence-corrected chi connectivity index (χ3v) is 4.55. The number of nitrogens with zero attached hydrogens (tertiary/aromatic N) is 2. The number of rotatable bonds is 7. The molecule has 1 atom stereocenters. The topological polar surface area (TPSA) is 35.9 Å². The van der Waals surface area contributed by atoms with E-state index in [2.05, 4.69) is 16.7 Å². The summed E-state index contributed by atoms with van der Waals surface area (Å²) in [5.41, 5.74) is 0.877. The lowest BCUT2D eigenvalue weighted by molar-refractivity contribution is -0.0674. The Morgan fingerprint density at radius 1 is 1.17 bits per heavy atom. The number of β-amino-alcohol motifs (C(OH)–C–C–N with tert-alkyl or cyclic N) is 1. The Balaban J connectivity index is 1.73. The van der Waals surface area contributed by atoms with Gasteiger partial charge in [-0.3, -0.25) is 4.90 Å². The highest BCUT2D eigenvalue weighted by atomic mass is 19.1. The molecule has 0 radical (unpaired) electrons. The van der Waals surface area contributed by atoms with E-state index in [0.29, 0.717) is 13.2 Å². The van der Waals surface area contributed by atoms with Crippen molar-refractivity contribution in [2.45, 2.75) is 38.9 Å². The molecule has 130 valence electrons. The quantitative estimate of drug-likeness (QED) is 0.836. The number of hydrogen-bond acceptors (Lipinski definition) is 4. The maximum atomic E-state index is 13.0. The Kier molecular flexibility index (Phi) is 6.39. The molecule has 1 N–H and O–H groups in total. The van der Waals surface area contributed by atoms with Crippen LogP contribution in [0.4, 0.5) is 10.1 Å². The summed E-state index contributed by atoms with van der Waals surface area (Å²) in [6.07, 6.45) is 0.467. The zero-order valence-electron chi connectivity index (χ0n) is 14.5. The molecule has 5 heteroatoms. The number of aliphatic hydroxyl groups is 1. The van der Waals surface area contributed by atoms with Crippen molar-refractivity contribution in [3.8, 4) is 0 Å². The second-order valence-electron chi connectivity index (χ2n) is 6.84. The van der Waals surface area contributed by atoms with Crippen LogP contribution in [0.1, 0.15) is 27.2 Å². The van der Waals surface area contributed by atoms with E-state index in [1.54, 1.807) is 0 Å². The van der Waals surface area contributed by atoms with Gasteiger partial charge in [0.2, 0.25) is 0 Å². The first kappa shape index (κ1) is 18.2. The monoisotopic (exact) mass is 324 g/mol. The van der Waals surface area contributed by atoms with Crippen LogP contribution in [-0.2, 0) is 4.74 Å². The summed E-state index contributed by atoms with van der Waals surface area (Å²) < 4.78 is 18.7. The van der Waals surface area contributed by atoms with E-state index in [9.17, 15) is 9.50 Å². The van der Waals surface area contributed by atoms with E-state index in [4.69, 9.17) is 4.74 Å². The molecule has 1 aliphatic rings. The molecule has 1 heterocycles. The van der Waals surface area contributed by atoms with Crippen LogP contribution in [-0.4, -0.2) is 61.0 Å². The first-order chi connectivity index (χ1) is 10.9. The lowest BCUT2D eigenvalue weighted by Crippen LogP contribution is -2.49. The average molecular weight is 324 g/mol. The summed E-state index contributed by atoms with van der Waals surface area (Å²) in [5.74, 6) is -0.203. The van der Waals surface area contributed by atoms with Crippen molar-refractivity contribution in [2.75, 3.05) is 44.2 Å². The molecule has 0 saturated carbocycles. The van der Waals surface area contributed by atoms with Gasteiger partial charge >= 0.3 is 0 Å². The number of benzene rings is 1. The van der Waals surface area contributed by atoms with Crippen LogP contribution in [0, 0.1) is 5.82 Å². The van der Waals surface area contributed by atoms with Crippen molar-refractivity contribution in [3.05, 3.63) is 30.1 Å². The number of piperazine rings is 1. The van der Waals surface area contributed by atoms with Crippen LogP contribution >= 0.6 is 0 Å². The molecule has 1 fully saturated rings. The maximum absolute atomic E-state index is 13.0. The zero-order chi connectivity index (χ0) is 16.9. The van der Waals surface area contributed by atoms with Gasteiger partial charge in [0.1, 0.15) is 5.82 Å². The second kappa shape index (κ2) is 8.08. The maximum Gasteiger partial charge on any atom is 0.123 e. The minimum atomic E-state index is -0.460. The van der Waals surface area contributed by atoms with Crippen molar-refractivity contribution >= 4 is 5.69 Å². The normalized spacial score (nSPS) is 18.2. The van der Waals surface area contributed by atoms with Gasteiger partial charge in [0.15, 0.2) is 0 Å². The Morgan fingerprint density at radius 2 is 1.78 bits per heavy atom. The van der Waals surface area contributed by atoms with Crippen LogP contribution in [0.5, 0.6) is 0 Å². The number of aliphatic hydroxyl groups excluding tert-OH is 1. The third-order valence-electron chi connectivity index (χ3n) is 4.55. The highest BCUT2D eigenvalue weighted by Crippen LogP contribution is 2.17. The first-order valence-corrected chi connectivity index (χ1v) is 8.44. The third kappa shape index (κ3) is 5.75. The summed E-state index contributed by atoms with van der Waals surface area (Å²) in [6, 6.07) is 6.64. The molecule has 1 aromatic carbocycles. The molecule has 23 heavy (non-hydrogen) atoms. The van der Waals surface area contributed by atoms with Gasteiger partial charge in [-0.05, 0) is 44.5 Å². The second-order valence-corrected chi connectivity index (χ2v) is 6.84. The predicted octanol–water partition coefficient (Wildman–Crippen LogP) is 2.51. The Labute approximate surface area is 138 Å². The van der Waals surface area contributed by atoms with E-state index < -0.39 is 6.10 Å². The molecule has 0 aliphatic carbocycles. The number of anilines is 1. The Morgan fingerprint density at radius 3 is 2.35 bits per heavy atom. The van der Waals surface area contributed by atoms with Gasteiger partial charge in [0.25, 0.3) is 0 Å². The number of hydrogen-bond donors (Lipinski definition) is 1. The molecule has 0 aromatic heterocycles. The van der Waals surface area contributed by atoms with Crippen LogP contribution < -0.4 is 4.90 Å². The van der Waals surface area contributed by atoms with Gasteiger partial charge in [-0.25, -0.2) is 4.39 Å². The fourth-order valence-corrected chi connectivity index (χ4v) is 2.62. The van der Waals surface area contributed by atoms with Gasteiger partial charge in [-0.1, -0.05) is 6.92 Å². The van der Waals surface area contributed by atoms with Crippen LogP contribution in [0.3, 0.4) is 0 Å². The van der Waals surface area contributed by atoms with Crippen molar-refractivity contribution in [1.29, 1.82) is 0 Å². The van der Waals surface area contributed by atoms with Crippen molar-refractivity contribution in [3.63, 3.8) is 0 Å². The lowest BCUT2D eigenvalue weighted by Gasteiger charge is -2.37. The first-order valence-electron chi connectivity index (χ1n) is 8.44. The van der Waals surface area contributed by atoms with E-state index in [1.165, 1.54) is 12.1 Å². The van der Waals surface area contributed by atoms with Crippen molar-refractivity contribution in [1.82, 2.24) is 4.90 Å². The minimum absolute atomic E-state index is 0.178. The molecule has 1 aliphatic heterocycles. The molecule has 0 amide bonds. The predicted molar refractivity (Wildman–Crippen MR) is 91.4 cm³/mol. The molecule has 4 nitrogen and oxygen atoms in total. The van der Waals surface area contributed by atoms with Gasteiger partial charge in [0.05, 0.1) is 18.3 Å². The zero-order valence-corrected chi connectivity index (χ0v) is 14.5. The highest BCUT2D eigenvalue weighted by Gasteiger charge is 2.22. The SMILES string of the molecule is CCC(C)(C)OCC(O)CN1CCN(c2ccc(F)cc2)CC1. The van der Waals surface area contributed by atoms with E-state index in [-0.39, 0.29) is 11.4 Å². The summed E-state index contributed by atoms with van der Waals surface area (Å²) >= 11 is 0. The van der Waals surface area contributed by atoms with Gasteiger partial charge in [-0.15, -0.1) is 0 Å². The van der Waals surface area contributed by atoms with Crippen LogP contribution in [0.2, 0.25) is 0 Å². The minimum Gasteiger partial charge on any atom is -0.389 e. The number of ether oxygens (including phenoxy) is 1. The summed E-state index contributed by atoms with van der Waals surface area (Å²) in [4.78, 5) is 4.51. The van der Waals surface area contributed by atoms with E-state index in [0.717, 1.165) is 38.3 Å². The Bertz CT molecular complexity index is 470. The Hall–Kier alpha value is -1.17. The lowest BCUT2D eigenvalue weighted by atomic mass is 10.1. The van der Waals surface area contributed by atoms with Gasteiger partial charge in [0, 0.05) is 38.4 Å². The molecular weight excluding hydrogens is 295 g/mol. The van der Waals surface area contributed by atoms with Crippen LogP contribution in [0.15, 0.2) is 24.3 Å².